The molecule has 16 heavy (non-hydrogen) atoms. The molecule has 1 heterocycles. The van der Waals surface area contributed by atoms with Gasteiger partial charge >= 0.3 is 0 Å². The molecular formula is C11H11N5. The summed E-state index contributed by atoms with van der Waals surface area (Å²) in [5, 5.41) is 3.79. The molecule has 2 aromatic rings. The summed E-state index contributed by atoms with van der Waals surface area (Å²) in [6, 6.07) is 9.24. The van der Waals surface area contributed by atoms with Crippen LogP contribution in [0.3, 0.4) is 0 Å². The molecule has 5 nitrogen and oxygen atoms in total. The van der Waals surface area contributed by atoms with Crippen molar-refractivity contribution >= 4 is 0 Å². The Labute approximate surface area is 93.0 Å². The first-order valence-corrected chi connectivity index (χ1v) is 4.89. The first-order valence-electron chi connectivity index (χ1n) is 4.89. The molecule has 0 aliphatic heterocycles. The second-order valence-corrected chi connectivity index (χ2v) is 3.41. The van der Waals surface area contributed by atoms with E-state index in [1.54, 1.807) is 6.20 Å². The number of imidazole rings is 1. The second-order valence-electron chi connectivity index (χ2n) is 3.41. The maximum atomic E-state index is 8.61. The number of hydrogen-bond acceptors (Lipinski definition) is 2. The van der Waals surface area contributed by atoms with E-state index in [9.17, 15) is 0 Å². The number of benzene rings is 1. The molecule has 1 aromatic carbocycles. The number of aryl methyl sites for hydroxylation is 1. The molecule has 80 valence electrons. The predicted molar refractivity (Wildman–Crippen MR) is 60.6 cm³/mol. The van der Waals surface area contributed by atoms with Gasteiger partial charge in [-0.25, -0.2) is 4.98 Å². The van der Waals surface area contributed by atoms with E-state index in [2.05, 4.69) is 15.0 Å². The van der Waals surface area contributed by atoms with Crippen LogP contribution in [0.5, 0.6) is 0 Å². The van der Waals surface area contributed by atoms with Crippen molar-refractivity contribution in [3.63, 3.8) is 0 Å². The van der Waals surface area contributed by atoms with E-state index in [1.807, 2.05) is 48.1 Å². The highest BCUT2D eigenvalue weighted by Crippen LogP contribution is 2.24. The van der Waals surface area contributed by atoms with E-state index in [4.69, 9.17) is 5.53 Å². The van der Waals surface area contributed by atoms with E-state index >= 15 is 0 Å². The first kappa shape index (κ1) is 10.3. The molecule has 0 aliphatic carbocycles. The molecule has 0 N–H and O–H groups in total. The van der Waals surface area contributed by atoms with Gasteiger partial charge in [-0.3, -0.25) is 0 Å². The summed E-state index contributed by atoms with van der Waals surface area (Å²) < 4.78 is 1.85. The Bertz CT molecular complexity index is 510. The molecule has 0 aliphatic rings. The second kappa shape index (κ2) is 4.51. The summed E-state index contributed by atoms with van der Waals surface area (Å²) >= 11 is 0. The minimum atomic E-state index is -0.369. The maximum Gasteiger partial charge on any atom is 0.121 e. The van der Waals surface area contributed by atoms with Gasteiger partial charge in [0.25, 0.3) is 0 Å². The molecule has 1 aromatic heterocycles. The van der Waals surface area contributed by atoms with Gasteiger partial charge in [-0.15, -0.1) is 0 Å². The quantitative estimate of drug-likeness (QED) is 0.439. The smallest absolute Gasteiger partial charge is 0.121 e. The fourth-order valence-corrected chi connectivity index (χ4v) is 1.59. The van der Waals surface area contributed by atoms with Crippen molar-refractivity contribution in [3.05, 3.63) is 64.6 Å². The van der Waals surface area contributed by atoms with Gasteiger partial charge < -0.3 is 4.57 Å². The summed E-state index contributed by atoms with van der Waals surface area (Å²) in [5.74, 6) is 0.740. The SMILES string of the molecule is Cn1ccnc1C(N=[N+]=[N-])c1ccccc1. The number of azide groups is 1. The third kappa shape index (κ3) is 1.89. The highest BCUT2D eigenvalue weighted by molar-refractivity contribution is 5.25. The molecule has 0 saturated carbocycles. The molecule has 5 heteroatoms. The van der Waals surface area contributed by atoms with Crippen LogP contribution in [0.15, 0.2) is 47.8 Å². The van der Waals surface area contributed by atoms with E-state index in [-0.39, 0.29) is 6.04 Å². The van der Waals surface area contributed by atoms with E-state index < -0.39 is 0 Å². The molecule has 1 unspecified atom stereocenters. The van der Waals surface area contributed by atoms with E-state index in [0.717, 1.165) is 11.4 Å². The highest BCUT2D eigenvalue weighted by Gasteiger charge is 2.15. The Kier molecular flexibility index (Phi) is 2.89. The van der Waals surface area contributed by atoms with Gasteiger partial charge in [-0.2, -0.15) is 0 Å². The van der Waals surface area contributed by atoms with Crippen molar-refractivity contribution in [2.45, 2.75) is 6.04 Å². The minimum absolute atomic E-state index is 0.369. The number of rotatable bonds is 3. The van der Waals surface area contributed by atoms with Crippen molar-refractivity contribution in [1.29, 1.82) is 0 Å². The van der Waals surface area contributed by atoms with Gasteiger partial charge in [-0.05, 0) is 11.1 Å². The topological polar surface area (TPSA) is 66.6 Å². The van der Waals surface area contributed by atoms with Crippen LogP contribution >= 0.6 is 0 Å². The van der Waals surface area contributed by atoms with Crippen LogP contribution in [0.4, 0.5) is 0 Å². The van der Waals surface area contributed by atoms with Gasteiger partial charge in [0.2, 0.25) is 0 Å². The highest BCUT2D eigenvalue weighted by atomic mass is 15.2. The normalized spacial score (nSPS) is 11.8. The van der Waals surface area contributed by atoms with Gasteiger partial charge in [0.05, 0.1) is 0 Å². The lowest BCUT2D eigenvalue weighted by molar-refractivity contribution is 0.713. The fraction of sp³-hybridized carbons (Fsp3) is 0.182. The van der Waals surface area contributed by atoms with Crippen LogP contribution < -0.4 is 0 Å². The average Bonchev–Trinajstić information content (AvgIpc) is 2.73. The van der Waals surface area contributed by atoms with Gasteiger partial charge in [-0.1, -0.05) is 35.4 Å². The third-order valence-electron chi connectivity index (χ3n) is 2.39. The summed E-state index contributed by atoms with van der Waals surface area (Å²) in [6.45, 7) is 0. The molecule has 2 rings (SSSR count). The summed E-state index contributed by atoms with van der Waals surface area (Å²) in [5.41, 5.74) is 9.55. The fourth-order valence-electron chi connectivity index (χ4n) is 1.59. The van der Waals surface area contributed by atoms with Crippen molar-refractivity contribution in [1.82, 2.24) is 9.55 Å². The van der Waals surface area contributed by atoms with Crippen molar-refractivity contribution in [2.24, 2.45) is 12.2 Å². The zero-order valence-corrected chi connectivity index (χ0v) is 8.85. The molecule has 0 bridgehead atoms. The predicted octanol–water partition coefficient (Wildman–Crippen LogP) is 2.82. The zero-order valence-electron chi connectivity index (χ0n) is 8.85. The standard InChI is InChI=1S/C11H11N5/c1-16-8-7-13-11(16)10(14-15-12)9-5-3-2-4-6-9/h2-8,10H,1H3. The van der Waals surface area contributed by atoms with Crippen LogP contribution in [-0.2, 0) is 7.05 Å². The van der Waals surface area contributed by atoms with Crippen LogP contribution in [0.2, 0.25) is 0 Å². The molecule has 0 spiro atoms. The molecule has 1 atom stereocenters. The van der Waals surface area contributed by atoms with Crippen LogP contribution in [0.1, 0.15) is 17.4 Å². The maximum absolute atomic E-state index is 8.61. The molecule has 0 fully saturated rings. The minimum Gasteiger partial charge on any atom is -0.337 e. The number of aromatic nitrogens is 2. The Morgan fingerprint density at radius 2 is 2.12 bits per heavy atom. The van der Waals surface area contributed by atoms with Gasteiger partial charge in [0, 0.05) is 24.4 Å². The lowest BCUT2D eigenvalue weighted by Gasteiger charge is -2.11. The Morgan fingerprint density at radius 3 is 2.69 bits per heavy atom. The van der Waals surface area contributed by atoms with E-state index in [0.29, 0.717) is 0 Å². The monoisotopic (exact) mass is 213 g/mol. The largest absolute Gasteiger partial charge is 0.337 e. The first-order chi connectivity index (χ1) is 7.83. The lowest BCUT2D eigenvalue weighted by Crippen LogP contribution is -2.04. The molecular weight excluding hydrogens is 202 g/mol. The summed E-state index contributed by atoms with van der Waals surface area (Å²) in [6.07, 6.45) is 3.52. The van der Waals surface area contributed by atoms with E-state index in [1.165, 1.54) is 0 Å². The number of hydrogen-bond donors (Lipinski definition) is 0. The Balaban J connectivity index is 2.47. The van der Waals surface area contributed by atoms with Crippen molar-refractivity contribution in [3.8, 4) is 0 Å². The third-order valence-corrected chi connectivity index (χ3v) is 2.39. The van der Waals surface area contributed by atoms with Crippen molar-refractivity contribution < 1.29 is 0 Å². The van der Waals surface area contributed by atoms with Crippen LogP contribution in [0.25, 0.3) is 10.4 Å². The van der Waals surface area contributed by atoms with Crippen molar-refractivity contribution in [2.75, 3.05) is 0 Å². The number of nitrogens with zero attached hydrogens (tertiary/aromatic N) is 5. The Morgan fingerprint density at radius 1 is 1.38 bits per heavy atom. The Hall–Kier alpha value is -2.26. The molecule has 0 radical (unpaired) electrons. The van der Waals surface area contributed by atoms with Gasteiger partial charge in [0.15, 0.2) is 0 Å². The summed E-state index contributed by atoms with van der Waals surface area (Å²) in [7, 11) is 1.88. The van der Waals surface area contributed by atoms with Crippen LogP contribution in [-0.4, -0.2) is 9.55 Å². The van der Waals surface area contributed by atoms with Crippen LogP contribution in [0, 0.1) is 0 Å². The summed E-state index contributed by atoms with van der Waals surface area (Å²) in [4.78, 5) is 7.09. The lowest BCUT2D eigenvalue weighted by atomic mass is 10.1. The van der Waals surface area contributed by atoms with Gasteiger partial charge in [0.1, 0.15) is 11.9 Å². The zero-order chi connectivity index (χ0) is 11.4. The molecule has 0 amide bonds. The average molecular weight is 213 g/mol. The molecule has 0 saturated heterocycles.